The van der Waals surface area contributed by atoms with E-state index in [1.54, 1.807) is 0 Å². The number of nitrogens with zero attached hydrogens (tertiary/aromatic N) is 1. The van der Waals surface area contributed by atoms with Gasteiger partial charge in [0.25, 0.3) is 0 Å². The molecule has 0 bridgehead atoms. The van der Waals surface area contributed by atoms with Crippen molar-refractivity contribution in [3.05, 3.63) is 29.8 Å². The van der Waals surface area contributed by atoms with Crippen molar-refractivity contribution in [1.82, 2.24) is 4.90 Å². The van der Waals surface area contributed by atoms with Crippen LogP contribution in [0.2, 0.25) is 0 Å². The topological polar surface area (TPSA) is 12.5 Å². The molecule has 18 heavy (non-hydrogen) atoms. The lowest BCUT2D eigenvalue weighted by Crippen LogP contribution is -2.24. The Kier molecular flexibility index (Phi) is 7.14. The smallest absolute Gasteiger partial charge is 0.124 e. The van der Waals surface area contributed by atoms with Gasteiger partial charge < -0.3 is 9.64 Å². The zero-order chi connectivity index (χ0) is 13.4. The number of unbranched alkanes of at least 4 members (excludes halogenated alkanes) is 1. The lowest BCUT2D eigenvalue weighted by molar-refractivity contribution is 0.316. The van der Waals surface area contributed by atoms with Crippen molar-refractivity contribution >= 4 is 11.6 Å². The summed E-state index contributed by atoms with van der Waals surface area (Å²) in [4.78, 5) is 2.28. The Balaban J connectivity index is 2.62. The number of halogens is 1. The van der Waals surface area contributed by atoms with Gasteiger partial charge in [0, 0.05) is 12.1 Å². The van der Waals surface area contributed by atoms with Gasteiger partial charge in [0.1, 0.15) is 5.75 Å². The van der Waals surface area contributed by atoms with Crippen LogP contribution in [-0.4, -0.2) is 31.6 Å². The molecule has 0 N–H and O–H groups in total. The Morgan fingerprint density at radius 2 is 2.00 bits per heavy atom. The molecule has 0 aliphatic carbocycles. The standard InChI is InChI=1S/C15H24ClNO/c1-4-6-11-17(3)12-14(16)13-9-7-8-10-15(13)18-5-2/h7-10,14H,4-6,11-12H2,1-3H3. The van der Waals surface area contributed by atoms with Gasteiger partial charge in [-0.1, -0.05) is 31.5 Å². The quantitative estimate of drug-likeness (QED) is 0.659. The summed E-state index contributed by atoms with van der Waals surface area (Å²) in [7, 11) is 2.12. The molecule has 1 aromatic carbocycles. The van der Waals surface area contributed by atoms with Gasteiger partial charge in [0.05, 0.1) is 12.0 Å². The Morgan fingerprint density at radius 1 is 1.28 bits per heavy atom. The molecule has 0 aliphatic rings. The zero-order valence-electron chi connectivity index (χ0n) is 11.7. The number of hydrogen-bond donors (Lipinski definition) is 0. The van der Waals surface area contributed by atoms with Gasteiger partial charge >= 0.3 is 0 Å². The van der Waals surface area contributed by atoms with Crippen molar-refractivity contribution < 1.29 is 4.74 Å². The van der Waals surface area contributed by atoms with E-state index in [0.29, 0.717) is 6.61 Å². The first-order valence-corrected chi connectivity index (χ1v) is 7.17. The number of hydrogen-bond acceptors (Lipinski definition) is 2. The van der Waals surface area contributed by atoms with Crippen molar-refractivity contribution in [2.75, 3.05) is 26.7 Å². The molecule has 0 spiro atoms. The first-order chi connectivity index (χ1) is 8.69. The molecular formula is C15H24ClNO. The fourth-order valence-corrected chi connectivity index (χ4v) is 2.33. The normalized spacial score (nSPS) is 12.7. The van der Waals surface area contributed by atoms with Crippen molar-refractivity contribution in [3.8, 4) is 5.75 Å². The molecule has 1 unspecified atom stereocenters. The monoisotopic (exact) mass is 269 g/mol. The van der Waals surface area contributed by atoms with E-state index in [0.717, 1.165) is 24.4 Å². The first kappa shape index (κ1) is 15.3. The predicted octanol–water partition coefficient (Wildman–Crippen LogP) is 4.10. The lowest BCUT2D eigenvalue weighted by atomic mass is 10.1. The van der Waals surface area contributed by atoms with E-state index in [1.165, 1.54) is 12.8 Å². The third-order valence-electron chi connectivity index (χ3n) is 2.92. The van der Waals surface area contributed by atoms with Crippen LogP contribution in [0.25, 0.3) is 0 Å². The number of alkyl halides is 1. The maximum atomic E-state index is 6.50. The fraction of sp³-hybridized carbons (Fsp3) is 0.600. The molecule has 0 fully saturated rings. The molecule has 1 aromatic rings. The van der Waals surface area contributed by atoms with Gasteiger partial charge in [0.2, 0.25) is 0 Å². The number of ether oxygens (including phenoxy) is 1. The van der Waals surface area contributed by atoms with E-state index in [4.69, 9.17) is 16.3 Å². The summed E-state index contributed by atoms with van der Waals surface area (Å²) in [5, 5.41) is -0.0189. The molecule has 0 amide bonds. The van der Waals surface area contributed by atoms with Gasteiger partial charge in [-0.05, 0) is 33.0 Å². The van der Waals surface area contributed by atoms with Crippen LogP contribution < -0.4 is 4.74 Å². The second kappa shape index (κ2) is 8.39. The van der Waals surface area contributed by atoms with Gasteiger partial charge in [0.15, 0.2) is 0 Å². The molecular weight excluding hydrogens is 246 g/mol. The number of likely N-dealkylation sites (N-methyl/N-ethyl adjacent to an activating group) is 1. The van der Waals surface area contributed by atoms with Crippen LogP contribution in [-0.2, 0) is 0 Å². The third kappa shape index (κ3) is 4.87. The van der Waals surface area contributed by atoms with Crippen molar-refractivity contribution in [2.45, 2.75) is 32.1 Å². The van der Waals surface area contributed by atoms with E-state index >= 15 is 0 Å². The molecule has 0 saturated heterocycles. The predicted molar refractivity (Wildman–Crippen MR) is 78.6 cm³/mol. The highest BCUT2D eigenvalue weighted by molar-refractivity contribution is 6.21. The van der Waals surface area contributed by atoms with Crippen LogP contribution in [0.5, 0.6) is 5.75 Å². The summed E-state index contributed by atoms with van der Waals surface area (Å²) in [6.45, 7) is 6.82. The minimum absolute atomic E-state index is 0.0189. The summed E-state index contributed by atoms with van der Waals surface area (Å²) >= 11 is 6.50. The van der Waals surface area contributed by atoms with Gasteiger partial charge in [-0.3, -0.25) is 0 Å². The van der Waals surface area contributed by atoms with Crippen LogP contribution in [0.4, 0.5) is 0 Å². The fourth-order valence-electron chi connectivity index (χ4n) is 1.92. The highest BCUT2D eigenvalue weighted by Crippen LogP contribution is 2.30. The average Bonchev–Trinajstić information content (AvgIpc) is 2.37. The van der Waals surface area contributed by atoms with Crippen molar-refractivity contribution in [1.29, 1.82) is 0 Å². The molecule has 0 aliphatic heterocycles. The maximum Gasteiger partial charge on any atom is 0.124 e. The molecule has 0 aromatic heterocycles. The lowest BCUT2D eigenvalue weighted by Gasteiger charge is -2.21. The molecule has 102 valence electrons. The average molecular weight is 270 g/mol. The Labute approximate surface area is 116 Å². The minimum atomic E-state index is -0.0189. The molecule has 0 saturated carbocycles. The summed E-state index contributed by atoms with van der Waals surface area (Å²) in [6, 6.07) is 8.04. The van der Waals surface area contributed by atoms with Crippen molar-refractivity contribution in [2.24, 2.45) is 0 Å². The Hall–Kier alpha value is -0.730. The molecule has 2 nitrogen and oxygen atoms in total. The highest BCUT2D eigenvalue weighted by Gasteiger charge is 2.15. The molecule has 1 rings (SSSR count). The van der Waals surface area contributed by atoms with E-state index < -0.39 is 0 Å². The zero-order valence-corrected chi connectivity index (χ0v) is 12.4. The van der Waals surface area contributed by atoms with Crippen LogP contribution in [0.1, 0.15) is 37.6 Å². The number of para-hydroxylation sites is 1. The van der Waals surface area contributed by atoms with Gasteiger partial charge in [-0.15, -0.1) is 11.6 Å². The second-order valence-corrected chi connectivity index (χ2v) is 5.08. The second-order valence-electron chi connectivity index (χ2n) is 4.55. The molecule has 1 atom stereocenters. The molecule has 3 heteroatoms. The van der Waals surface area contributed by atoms with E-state index in [1.807, 2.05) is 25.1 Å². The maximum absolute atomic E-state index is 6.50. The van der Waals surface area contributed by atoms with Crippen LogP contribution >= 0.6 is 11.6 Å². The highest BCUT2D eigenvalue weighted by atomic mass is 35.5. The number of rotatable bonds is 8. The first-order valence-electron chi connectivity index (χ1n) is 6.73. The van der Waals surface area contributed by atoms with Gasteiger partial charge in [-0.25, -0.2) is 0 Å². The summed E-state index contributed by atoms with van der Waals surface area (Å²) in [5.41, 5.74) is 1.09. The largest absolute Gasteiger partial charge is 0.494 e. The van der Waals surface area contributed by atoms with Crippen LogP contribution in [0, 0.1) is 0 Å². The van der Waals surface area contributed by atoms with Crippen molar-refractivity contribution in [3.63, 3.8) is 0 Å². The third-order valence-corrected chi connectivity index (χ3v) is 3.29. The molecule has 0 radical (unpaired) electrons. The number of benzene rings is 1. The Morgan fingerprint density at radius 3 is 2.67 bits per heavy atom. The van der Waals surface area contributed by atoms with Gasteiger partial charge in [-0.2, -0.15) is 0 Å². The summed E-state index contributed by atoms with van der Waals surface area (Å²) < 4.78 is 5.62. The van der Waals surface area contributed by atoms with E-state index in [-0.39, 0.29) is 5.38 Å². The summed E-state index contributed by atoms with van der Waals surface area (Å²) in [5.74, 6) is 0.906. The van der Waals surface area contributed by atoms with Crippen LogP contribution in [0.3, 0.4) is 0 Å². The molecule has 0 heterocycles. The SMILES string of the molecule is CCCCN(C)CC(Cl)c1ccccc1OCC. The van der Waals surface area contributed by atoms with E-state index in [9.17, 15) is 0 Å². The minimum Gasteiger partial charge on any atom is -0.494 e. The Bertz CT molecular complexity index is 343. The van der Waals surface area contributed by atoms with Crippen LogP contribution in [0.15, 0.2) is 24.3 Å². The summed E-state index contributed by atoms with van der Waals surface area (Å²) in [6.07, 6.45) is 2.43. The van der Waals surface area contributed by atoms with E-state index in [2.05, 4.69) is 24.9 Å².